The number of rotatable bonds is 8. The lowest BCUT2D eigenvalue weighted by Crippen LogP contribution is -2.44. The number of sulfonamides is 1. The van der Waals surface area contributed by atoms with Gasteiger partial charge in [-0.1, -0.05) is 65.3 Å². The number of aromatic carboxylic acids is 1. The van der Waals surface area contributed by atoms with Crippen LogP contribution in [-0.4, -0.2) is 57.6 Å². The van der Waals surface area contributed by atoms with E-state index in [0.717, 1.165) is 15.8 Å². The van der Waals surface area contributed by atoms with Crippen molar-refractivity contribution < 1.29 is 32.3 Å². The number of nitrogens with zero attached hydrogens (tertiary/aromatic N) is 4. The number of aromatic nitrogens is 3. The van der Waals surface area contributed by atoms with Crippen LogP contribution in [0.2, 0.25) is 5.02 Å². The van der Waals surface area contributed by atoms with E-state index < -0.39 is 33.8 Å². The van der Waals surface area contributed by atoms with Crippen molar-refractivity contribution in [2.75, 3.05) is 6.54 Å². The van der Waals surface area contributed by atoms with E-state index in [2.05, 4.69) is 10.3 Å². The minimum Gasteiger partial charge on any atom is -0.478 e. The van der Waals surface area contributed by atoms with E-state index in [4.69, 9.17) is 16.7 Å². The van der Waals surface area contributed by atoms with Gasteiger partial charge in [0.25, 0.3) is 5.91 Å². The molecule has 14 heteroatoms. The van der Waals surface area contributed by atoms with E-state index in [1.165, 1.54) is 53.6 Å². The molecule has 238 valence electrons. The Bertz CT molecular complexity index is 2150. The Morgan fingerprint density at radius 2 is 1.68 bits per heavy atom. The number of benzene rings is 4. The van der Waals surface area contributed by atoms with Crippen molar-refractivity contribution >= 4 is 39.3 Å². The summed E-state index contributed by atoms with van der Waals surface area (Å²) in [7, 11) is -3.90. The number of carbonyl (C=O) groups excluding carboxylic acids is 2. The van der Waals surface area contributed by atoms with Crippen molar-refractivity contribution in [2.45, 2.75) is 23.8 Å². The van der Waals surface area contributed by atoms with Crippen LogP contribution in [0.1, 0.15) is 43.6 Å². The highest BCUT2D eigenvalue weighted by atomic mass is 35.5. The largest absolute Gasteiger partial charge is 0.478 e. The quantitative estimate of drug-likeness (QED) is 0.241. The van der Waals surface area contributed by atoms with E-state index in [0.29, 0.717) is 23.1 Å². The SMILES string of the molecule is NS(=O)(=O)c1ccc(-c2cccc3c2CCN(C(=O)c2cn(-c4cccc(Cl)c4F)nn2)C3C(=O)Cc2ccc(C(=O)O)cc2)cc1. The number of Topliss-reactive ketones (excluding diaryl/α,β-unsaturated/α-hetero) is 1. The summed E-state index contributed by atoms with van der Waals surface area (Å²) in [6, 6.07) is 20.6. The third-order valence-electron chi connectivity index (χ3n) is 7.95. The molecule has 11 nitrogen and oxygen atoms in total. The monoisotopic (exact) mass is 673 g/mol. The highest BCUT2D eigenvalue weighted by Gasteiger charge is 2.38. The molecule has 0 spiro atoms. The van der Waals surface area contributed by atoms with Crippen LogP contribution in [0.4, 0.5) is 4.39 Å². The summed E-state index contributed by atoms with van der Waals surface area (Å²) in [5, 5.41) is 22.3. The molecule has 5 aromatic rings. The number of ketones is 1. The lowest BCUT2D eigenvalue weighted by Gasteiger charge is -2.37. The molecule has 1 aromatic heterocycles. The molecule has 1 aliphatic rings. The third-order valence-corrected chi connectivity index (χ3v) is 9.17. The zero-order chi connectivity index (χ0) is 33.5. The number of amides is 1. The molecule has 1 atom stereocenters. The third kappa shape index (κ3) is 6.28. The van der Waals surface area contributed by atoms with Gasteiger partial charge in [0.15, 0.2) is 17.3 Å². The van der Waals surface area contributed by atoms with Crippen LogP contribution in [0, 0.1) is 5.82 Å². The minimum atomic E-state index is -3.90. The molecule has 1 unspecified atom stereocenters. The van der Waals surface area contributed by atoms with Crippen LogP contribution < -0.4 is 5.14 Å². The standard InChI is InChI=1S/C33H25ClFN5O6S/c34-26-5-2-6-28(30(26)35)40-18-27(37-38-40)32(42)39-16-15-24-23(20-11-13-22(14-12-20)47(36,45)46)3-1-4-25(24)31(39)29(41)17-19-7-9-21(10-8-19)33(43)44/h1-14,18,31H,15-17H2,(H,43,44)(H2,36,45,46). The van der Waals surface area contributed by atoms with Crippen LogP contribution in [-0.2, 0) is 27.7 Å². The molecule has 4 aromatic carbocycles. The molecule has 0 saturated carbocycles. The van der Waals surface area contributed by atoms with Crippen molar-refractivity contribution in [3.8, 4) is 16.8 Å². The molecule has 1 amide bonds. The minimum absolute atomic E-state index is 0.0106. The molecule has 47 heavy (non-hydrogen) atoms. The Balaban J connectivity index is 1.39. The maximum Gasteiger partial charge on any atom is 0.335 e. The van der Waals surface area contributed by atoms with Gasteiger partial charge in [0.2, 0.25) is 10.0 Å². The molecule has 3 N–H and O–H groups in total. The lowest BCUT2D eigenvalue weighted by atomic mass is 9.83. The van der Waals surface area contributed by atoms with Crippen LogP contribution in [0.5, 0.6) is 0 Å². The number of fused-ring (bicyclic) bond motifs is 1. The van der Waals surface area contributed by atoms with Crippen LogP contribution >= 0.6 is 11.6 Å². The first-order valence-electron chi connectivity index (χ1n) is 14.2. The first-order chi connectivity index (χ1) is 22.4. The topological polar surface area (TPSA) is 166 Å². The summed E-state index contributed by atoms with van der Waals surface area (Å²) in [4.78, 5) is 40.8. The maximum absolute atomic E-state index is 14.7. The number of carboxylic acid groups (broad SMARTS) is 1. The molecular formula is C33H25ClFN5O6S. The van der Waals surface area contributed by atoms with Crippen LogP contribution in [0.3, 0.4) is 0 Å². The fourth-order valence-corrected chi connectivity index (χ4v) is 6.37. The van der Waals surface area contributed by atoms with Gasteiger partial charge >= 0.3 is 5.97 Å². The van der Waals surface area contributed by atoms with Crippen LogP contribution in [0.15, 0.2) is 96.0 Å². The average Bonchev–Trinajstić information content (AvgIpc) is 3.55. The number of nitrogens with two attached hydrogens (primary N) is 1. The first-order valence-corrected chi connectivity index (χ1v) is 16.1. The van der Waals surface area contributed by atoms with Crippen molar-refractivity contribution in [3.63, 3.8) is 0 Å². The Morgan fingerprint density at radius 1 is 0.979 bits per heavy atom. The Morgan fingerprint density at radius 3 is 2.36 bits per heavy atom. The summed E-state index contributed by atoms with van der Waals surface area (Å²) >= 11 is 5.92. The van der Waals surface area contributed by atoms with Gasteiger partial charge in [0.1, 0.15) is 11.7 Å². The smallest absolute Gasteiger partial charge is 0.335 e. The molecule has 0 radical (unpaired) electrons. The molecule has 0 saturated heterocycles. The normalized spacial score (nSPS) is 14.4. The lowest BCUT2D eigenvalue weighted by molar-refractivity contribution is -0.123. The van der Waals surface area contributed by atoms with Gasteiger partial charge in [-0.25, -0.2) is 27.4 Å². The molecular weight excluding hydrogens is 649 g/mol. The Kier molecular flexibility index (Phi) is 8.45. The predicted octanol–water partition coefficient (Wildman–Crippen LogP) is 4.62. The number of halogens is 2. The summed E-state index contributed by atoms with van der Waals surface area (Å²) in [5.41, 5.74) is 3.30. The summed E-state index contributed by atoms with van der Waals surface area (Å²) < 4.78 is 39.4. The summed E-state index contributed by atoms with van der Waals surface area (Å²) in [6.07, 6.45) is 1.51. The van der Waals surface area contributed by atoms with Gasteiger partial charge in [0.05, 0.1) is 21.7 Å². The van der Waals surface area contributed by atoms with Gasteiger partial charge in [-0.2, -0.15) is 0 Å². The molecule has 0 aliphatic carbocycles. The van der Waals surface area contributed by atoms with Gasteiger partial charge in [-0.3, -0.25) is 9.59 Å². The number of primary sulfonamides is 1. The summed E-state index contributed by atoms with van der Waals surface area (Å²) in [6.45, 7) is 0.116. The van der Waals surface area contributed by atoms with Crippen molar-refractivity contribution in [1.82, 2.24) is 19.9 Å². The Hall–Kier alpha value is -5.24. The molecule has 2 heterocycles. The maximum atomic E-state index is 14.7. The number of carbonyl (C=O) groups is 3. The molecule has 0 bridgehead atoms. The second-order valence-corrected chi connectivity index (χ2v) is 12.8. The number of hydrogen-bond donors (Lipinski definition) is 2. The zero-order valence-corrected chi connectivity index (χ0v) is 26.0. The molecule has 6 rings (SSSR count). The van der Waals surface area contributed by atoms with E-state index in [1.54, 1.807) is 36.4 Å². The zero-order valence-electron chi connectivity index (χ0n) is 24.4. The molecule has 0 fully saturated rings. The highest BCUT2D eigenvalue weighted by molar-refractivity contribution is 7.89. The Labute approximate surface area is 273 Å². The molecule has 1 aliphatic heterocycles. The van der Waals surface area contributed by atoms with E-state index >= 15 is 0 Å². The predicted molar refractivity (Wildman–Crippen MR) is 169 cm³/mol. The van der Waals surface area contributed by atoms with Crippen molar-refractivity contribution in [3.05, 3.63) is 130 Å². The summed E-state index contributed by atoms with van der Waals surface area (Å²) in [5.74, 6) is -2.78. The average molecular weight is 674 g/mol. The second kappa shape index (κ2) is 12.5. The van der Waals surface area contributed by atoms with Gasteiger partial charge in [-0.15, -0.1) is 5.10 Å². The van der Waals surface area contributed by atoms with E-state index in [-0.39, 0.29) is 45.6 Å². The van der Waals surface area contributed by atoms with Gasteiger partial charge < -0.3 is 10.0 Å². The van der Waals surface area contributed by atoms with E-state index in [1.807, 2.05) is 6.07 Å². The van der Waals surface area contributed by atoms with Gasteiger partial charge in [-0.05, 0) is 70.6 Å². The van der Waals surface area contributed by atoms with E-state index in [9.17, 15) is 32.3 Å². The van der Waals surface area contributed by atoms with Crippen molar-refractivity contribution in [1.29, 1.82) is 0 Å². The first kappa shape index (κ1) is 31.7. The number of hydrogen-bond acceptors (Lipinski definition) is 7. The highest BCUT2D eigenvalue weighted by Crippen LogP contribution is 2.38. The number of carboxylic acids is 1. The van der Waals surface area contributed by atoms with Gasteiger partial charge in [0, 0.05) is 13.0 Å². The fourth-order valence-electron chi connectivity index (χ4n) is 5.69. The fraction of sp³-hybridized carbons (Fsp3) is 0.121. The van der Waals surface area contributed by atoms with Crippen LogP contribution in [0.25, 0.3) is 16.8 Å². The van der Waals surface area contributed by atoms with Crippen molar-refractivity contribution in [2.24, 2.45) is 5.14 Å². The second-order valence-electron chi connectivity index (χ2n) is 10.9.